The highest BCUT2D eigenvalue weighted by Gasteiger charge is 2.59. The Morgan fingerprint density at radius 3 is 2.50 bits per heavy atom. The van der Waals surface area contributed by atoms with Crippen molar-refractivity contribution in [3.05, 3.63) is 0 Å². The molecule has 5 fully saturated rings. The minimum absolute atomic E-state index is 0.0237. The fraction of sp³-hybridized carbons (Fsp3) is 0.941. The van der Waals surface area contributed by atoms with Gasteiger partial charge in [-0.25, -0.2) is 0 Å². The summed E-state index contributed by atoms with van der Waals surface area (Å²) >= 11 is 0. The second kappa shape index (κ2) is 4.22. The van der Waals surface area contributed by atoms with E-state index in [0.29, 0.717) is 17.4 Å². The van der Waals surface area contributed by atoms with Gasteiger partial charge in [-0.2, -0.15) is 0 Å². The highest BCUT2D eigenvalue weighted by molar-refractivity contribution is 5.83. The molecule has 0 aromatic carbocycles. The highest BCUT2D eigenvalue weighted by Crippen LogP contribution is 2.65. The summed E-state index contributed by atoms with van der Waals surface area (Å²) in [4.78, 5) is 15.4. The van der Waals surface area contributed by atoms with Crippen molar-refractivity contribution in [2.24, 2.45) is 22.7 Å². The van der Waals surface area contributed by atoms with Gasteiger partial charge in [0.05, 0.1) is 5.41 Å². The molecule has 0 aromatic rings. The molecule has 3 atom stereocenters. The summed E-state index contributed by atoms with van der Waals surface area (Å²) in [7, 11) is 0. The van der Waals surface area contributed by atoms with E-state index >= 15 is 0 Å². The lowest BCUT2D eigenvalue weighted by molar-refractivity contribution is -0.167. The first-order valence-corrected chi connectivity index (χ1v) is 8.51. The van der Waals surface area contributed by atoms with Crippen LogP contribution in [0.3, 0.4) is 0 Å². The predicted octanol–water partition coefficient (Wildman–Crippen LogP) is 2.41. The van der Waals surface area contributed by atoms with Crippen molar-refractivity contribution in [1.29, 1.82) is 0 Å². The van der Waals surface area contributed by atoms with Crippen molar-refractivity contribution in [3.8, 4) is 0 Å². The van der Waals surface area contributed by atoms with Crippen LogP contribution in [0.2, 0.25) is 0 Å². The average molecular weight is 276 g/mol. The SMILES string of the molecule is C[C@H]1CN(C(=O)C23CC4CC(CC(C)(C4)C2)C3)CCN1. The van der Waals surface area contributed by atoms with Gasteiger partial charge in [0.15, 0.2) is 0 Å². The van der Waals surface area contributed by atoms with Gasteiger partial charge in [0, 0.05) is 25.7 Å². The molecular weight excluding hydrogens is 248 g/mol. The second-order valence-corrected chi connectivity index (χ2v) is 8.66. The first-order valence-electron chi connectivity index (χ1n) is 8.51. The zero-order chi connectivity index (χ0) is 14.0. The smallest absolute Gasteiger partial charge is 0.228 e. The van der Waals surface area contributed by atoms with E-state index in [0.717, 1.165) is 31.5 Å². The summed E-state index contributed by atoms with van der Waals surface area (Å²) in [5, 5.41) is 3.45. The summed E-state index contributed by atoms with van der Waals surface area (Å²) in [6.07, 6.45) is 7.73. The van der Waals surface area contributed by atoms with Crippen molar-refractivity contribution < 1.29 is 4.79 Å². The van der Waals surface area contributed by atoms with Crippen LogP contribution in [-0.2, 0) is 4.79 Å². The standard InChI is InChI=1S/C17H28N2O/c1-12-10-19(4-3-18-12)15(20)17-8-13-5-14(9-17)7-16(2,6-13)11-17/h12-14,18H,3-11H2,1-2H3/t12-,13?,14?,16?,17?/m0/s1. The van der Waals surface area contributed by atoms with Crippen molar-refractivity contribution in [2.75, 3.05) is 19.6 Å². The molecule has 3 heteroatoms. The van der Waals surface area contributed by atoms with Gasteiger partial charge in [-0.3, -0.25) is 4.79 Å². The van der Waals surface area contributed by atoms with Crippen molar-refractivity contribution in [3.63, 3.8) is 0 Å². The molecule has 0 spiro atoms. The molecule has 4 saturated carbocycles. The van der Waals surface area contributed by atoms with E-state index in [9.17, 15) is 4.79 Å². The molecule has 3 nitrogen and oxygen atoms in total. The van der Waals surface area contributed by atoms with Crippen LogP contribution in [0.15, 0.2) is 0 Å². The molecule has 1 amide bonds. The summed E-state index contributed by atoms with van der Waals surface area (Å²) < 4.78 is 0. The Morgan fingerprint density at radius 2 is 1.90 bits per heavy atom. The molecule has 5 aliphatic rings. The van der Waals surface area contributed by atoms with Gasteiger partial charge in [-0.15, -0.1) is 0 Å². The number of hydrogen-bond acceptors (Lipinski definition) is 2. The Bertz CT molecular complexity index is 419. The Kier molecular flexibility index (Phi) is 2.77. The number of carbonyl (C=O) groups is 1. The van der Waals surface area contributed by atoms with Gasteiger partial charge in [0.2, 0.25) is 5.91 Å². The summed E-state index contributed by atoms with van der Waals surface area (Å²) in [6.45, 7) is 7.43. The minimum Gasteiger partial charge on any atom is -0.339 e. The van der Waals surface area contributed by atoms with Crippen LogP contribution in [0.1, 0.15) is 52.4 Å². The molecule has 1 saturated heterocycles. The van der Waals surface area contributed by atoms with Gasteiger partial charge < -0.3 is 10.2 Å². The third kappa shape index (κ3) is 1.93. The van der Waals surface area contributed by atoms with Gasteiger partial charge in [0.1, 0.15) is 0 Å². The molecule has 20 heavy (non-hydrogen) atoms. The van der Waals surface area contributed by atoms with E-state index in [1.54, 1.807) is 0 Å². The fourth-order valence-corrected chi connectivity index (χ4v) is 6.42. The number of nitrogens with one attached hydrogen (secondary N) is 1. The number of carbonyl (C=O) groups excluding carboxylic acids is 1. The first-order chi connectivity index (χ1) is 9.48. The van der Waals surface area contributed by atoms with Gasteiger partial charge in [-0.05, 0) is 62.7 Å². The predicted molar refractivity (Wildman–Crippen MR) is 79.3 cm³/mol. The third-order valence-corrected chi connectivity index (χ3v) is 6.46. The van der Waals surface area contributed by atoms with Crippen LogP contribution < -0.4 is 5.32 Å². The first kappa shape index (κ1) is 13.1. The Balaban J connectivity index is 1.59. The largest absolute Gasteiger partial charge is 0.339 e. The molecule has 112 valence electrons. The van der Waals surface area contributed by atoms with Crippen LogP contribution in [0.4, 0.5) is 0 Å². The van der Waals surface area contributed by atoms with E-state index in [-0.39, 0.29) is 5.41 Å². The van der Waals surface area contributed by atoms with E-state index in [2.05, 4.69) is 24.1 Å². The molecule has 1 aliphatic heterocycles. The molecule has 1 heterocycles. The zero-order valence-electron chi connectivity index (χ0n) is 13.0. The number of amides is 1. The summed E-state index contributed by atoms with van der Waals surface area (Å²) in [5.41, 5.74) is 0.495. The van der Waals surface area contributed by atoms with Crippen LogP contribution in [0.25, 0.3) is 0 Å². The van der Waals surface area contributed by atoms with E-state index < -0.39 is 0 Å². The molecule has 4 aliphatic carbocycles. The molecular formula is C17H28N2O. The quantitative estimate of drug-likeness (QED) is 0.797. The van der Waals surface area contributed by atoms with Crippen LogP contribution in [0.5, 0.6) is 0 Å². The van der Waals surface area contributed by atoms with Crippen molar-refractivity contribution in [2.45, 2.75) is 58.4 Å². The lowest BCUT2D eigenvalue weighted by atomic mass is 9.44. The number of piperazine rings is 1. The average Bonchev–Trinajstić information content (AvgIpc) is 2.35. The molecule has 4 bridgehead atoms. The molecule has 0 radical (unpaired) electrons. The lowest BCUT2D eigenvalue weighted by Crippen LogP contribution is -2.60. The van der Waals surface area contributed by atoms with Crippen LogP contribution in [-0.4, -0.2) is 36.5 Å². The van der Waals surface area contributed by atoms with Crippen molar-refractivity contribution >= 4 is 5.91 Å². The normalized spacial score (nSPS) is 50.5. The van der Waals surface area contributed by atoms with Gasteiger partial charge in [0.25, 0.3) is 0 Å². The number of rotatable bonds is 1. The maximum atomic E-state index is 13.2. The van der Waals surface area contributed by atoms with Crippen LogP contribution in [0, 0.1) is 22.7 Å². The Hall–Kier alpha value is -0.570. The molecule has 1 N–H and O–H groups in total. The molecule has 0 aromatic heterocycles. The van der Waals surface area contributed by atoms with Crippen molar-refractivity contribution in [1.82, 2.24) is 10.2 Å². The minimum atomic E-state index is 0.0237. The van der Waals surface area contributed by atoms with E-state index in [1.165, 1.54) is 38.5 Å². The number of nitrogens with zero attached hydrogens (tertiary/aromatic N) is 1. The Morgan fingerprint density at radius 1 is 1.20 bits per heavy atom. The monoisotopic (exact) mass is 276 g/mol. The topological polar surface area (TPSA) is 32.3 Å². The van der Waals surface area contributed by atoms with E-state index in [1.807, 2.05) is 0 Å². The zero-order valence-corrected chi connectivity index (χ0v) is 13.0. The van der Waals surface area contributed by atoms with Gasteiger partial charge >= 0.3 is 0 Å². The maximum Gasteiger partial charge on any atom is 0.228 e. The fourth-order valence-electron chi connectivity index (χ4n) is 6.42. The summed E-state index contributed by atoms with van der Waals surface area (Å²) in [6, 6.07) is 0.456. The highest BCUT2D eigenvalue weighted by atomic mass is 16.2. The summed E-state index contributed by atoms with van der Waals surface area (Å²) in [5.74, 6) is 2.18. The third-order valence-electron chi connectivity index (χ3n) is 6.46. The molecule has 5 rings (SSSR count). The maximum absolute atomic E-state index is 13.2. The second-order valence-electron chi connectivity index (χ2n) is 8.66. The lowest BCUT2D eigenvalue weighted by Gasteiger charge is -2.61. The van der Waals surface area contributed by atoms with Gasteiger partial charge in [-0.1, -0.05) is 6.92 Å². The molecule has 2 unspecified atom stereocenters. The van der Waals surface area contributed by atoms with Crippen LogP contribution >= 0.6 is 0 Å². The number of hydrogen-bond donors (Lipinski definition) is 1. The van der Waals surface area contributed by atoms with E-state index in [4.69, 9.17) is 0 Å². The Labute approximate surface area is 122 Å².